The Morgan fingerprint density at radius 2 is 1.89 bits per heavy atom. The summed E-state index contributed by atoms with van der Waals surface area (Å²) in [5, 5.41) is 10.8. The second-order valence-corrected chi connectivity index (χ2v) is 6.56. The summed E-state index contributed by atoms with van der Waals surface area (Å²) in [7, 11) is 0. The first-order valence-electron chi connectivity index (χ1n) is 8.97. The van der Waals surface area contributed by atoms with Gasteiger partial charge < -0.3 is 10.2 Å². The molecule has 2 heterocycles. The van der Waals surface area contributed by atoms with Gasteiger partial charge in [-0.3, -0.25) is 4.79 Å². The van der Waals surface area contributed by atoms with E-state index in [0.717, 1.165) is 55.9 Å². The van der Waals surface area contributed by atoms with Crippen molar-refractivity contribution in [2.24, 2.45) is 0 Å². The minimum absolute atomic E-state index is 0.121. The molecule has 1 fully saturated rings. The smallest absolute Gasteiger partial charge is 0.352 e. The van der Waals surface area contributed by atoms with Crippen molar-refractivity contribution in [1.82, 2.24) is 10.2 Å². The van der Waals surface area contributed by atoms with Gasteiger partial charge in [-0.1, -0.05) is 6.92 Å². The second-order valence-electron chi connectivity index (χ2n) is 6.56. The van der Waals surface area contributed by atoms with E-state index in [2.05, 4.69) is 27.3 Å². The van der Waals surface area contributed by atoms with Gasteiger partial charge in [-0.05, 0) is 62.1 Å². The molecule has 8 heteroatoms. The van der Waals surface area contributed by atoms with Gasteiger partial charge in [-0.25, -0.2) is 0 Å². The first-order chi connectivity index (χ1) is 12.9. The maximum Gasteiger partial charge on any atom is 0.416 e. The number of aromatic nitrogens is 2. The van der Waals surface area contributed by atoms with Crippen LogP contribution in [0, 0.1) is 0 Å². The fraction of sp³-hybridized carbons (Fsp3) is 0.421. The van der Waals surface area contributed by atoms with Crippen LogP contribution in [-0.2, 0) is 6.18 Å². The van der Waals surface area contributed by atoms with Gasteiger partial charge in [-0.15, -0.1) is 10.2 Å². The summed E-state index contributed by atoms with van der Waals surface area (Å²) in [6, 6.07) is 7.95. The molecule has 1 N–H and O–H groups in total. The molecular weight excluding hydrogens is 357 g/mol. The zero-order chi connectivity index (χ0) is 19.4. The Morgan fingerprint density at radius 1 is 1.15 bits per heavy atom. The van der Waals surface area contributed by atoms with Crippen molar-refractivity contribution in [3.8, 4) is 0 Å². The number of hydrogen-bond acceptors (Lipinski definition) is 4. The summed E-state index contributed by atoms with van der Waals surface area (Å²) in [6.45, 7) is 3.08. The third kappa shape index (κ3) is 4.56. The summed E-state index contributed by atoms with van der Waals surface area (Å²) in [4.78, 5) is 14.4. The summed E-state index contributed by atoms with van der Waals surface area (Å²) < 4.78 is 37.8. The van der Waals surface area contributed by atoms with Crippen LogP contribution in [-0.4, -0.2) is 28.7 Å². The number of hydrogen-bond donors (Lipinski definition) is 1. The highest BCUT2D eigenvalue weighted by molar-refractivity contribution is 6.03. The average molecular weight is 378 g/mol. The van der Waals surface area contributed by atoms with E-state index < -0.39 is 17.6 Å². The van der Waals surface area contributed by atoms with Crippen molar-refractivity contribution < 1.29 is 18.0 Å². The lowest BCUT2D eigenvalue weighted by Gasteiger charge is -2.35. The van der Waals surface area contributed by atoms with Gasteiger partial charge in [0.25, 0.3) is 5.91 Å². The van der Waals surface area contributed by atoms with Gasteiger partial charge in [0.15, 0.2) is 11.6 Å². The van der Waals surface area contributed by atoms with Crippen LogP contribution in [0.4, 0.5) is 24.8 Å². The van der Waals surface area contributed by atoms with Crippen LogP contribution in [0.3, 0.4) is 0 Å². The van der Waals surface area contributed by atoms with E-state index in [1.165, 1.54) is 6.42 Å². The molecule has 0 bridgehead atoms. The molecule has 144 valence electrons. The Labute approximate surface area is 155 Å². The number of halogens is 3. The zero-order valence-electron chi connectivity index (χ0n) is 15.0. The van der Waals surface area contributed by atoms with Crippen molar-refractivity contribution in [3.05, 3.63) is 47.5 Å². The van der Waals surface area contributed by atoms with E-state index in [-0.39, 0.29) is 11.4 Å². The topological polar surface area (TPSA) is 58.1 Å². The molecule has 1 saturated heterocycles. The third-order valence-electron chi connectivity index (χ3n) is 4.76. The summed E-state index contributed by atoms with van der Waals surface area (Å²) >= 11 is 0. The molecule has 1 aromatic heterocycles. The number of anilines is 2. The van der Waals surface area contributed by atoms with Crippen LogP contribution < -0.4 is 10.2 Å². The average Bonchev–Trinajstić information content (AvgIpc) is 2.68. The molecule has 2 aromatic rings. The van der Waals surface area contributed by atoms with Crippen LogP contribution in [0.1, 0.15) is 48.5 Å². The molecule has 3 rings (SSSR count). The molecule has 1 aliphatic heterocycles. The number of piperidine rings is 1. The van der Waals surface area contributed by atoms with Gasteiger partial charge in [0.1, 0.15) is 0 Å². The number of carbonyl (C=O) groups is 1. The van der Waals surface area contributed by atoms with Crippen LogP contribution in [0.25, 0.3) is 0 Å². The molecule has 27 heavy (non-hydrogen) atoms. The molecule has 1 aliphatic rings. The monoisotopic (exact) mass is 378 g/mol. The highest BCUT2D eigenvalue weighted by atomic mass is 19.4. The van der Waals surface area contributed by atoms with E-state index in [1.807, 2.05) is 6.07 Å². The molecule has 0 saturated carbocycles. The van der Waals surface area contributed by atoms with Crippen molar-refractivity contribution in [1.29, 1.82) is 0 Å². The zero-order valence-corrected chi connectivity index (χ0v) is 15.0. The Bertz CT molecular complexity index is 775. The number of benzene rings is 1. The SMILES string of the molecule is CCC1CCCCN1c1ccc(NC(=O)c2ccc(C(F)(F)F)cc2)nn1. The molecule has 0 spiro atoms. The van der Waals surface area contributed by atoms with Crippen LogP contribution in [0.5, 0.6) is 0 Å². The highest BCUT2D eigenvalue weighted by Crippen LogP contribution is 2.29. The molecule has 1 unspecified atom stereocenters. The third-order valence-corrected chi connectivity index (χ3v) is 4.76. The second kappa shape index (κ2) is 7.94. The standard InChI is InChI=1S/C19H21F3N4O/c1-2-15-5-3-4-12-26(15)17-11-10-16(24-25-17)23-18(27)13-6-8-14(9-7-13)19(20,21)22/h6-11,15H,2-5,12H2,1H3,(H,23,24,27). The maximum atomic E-state index is 12.6. The number of nitrogens with one attached hydrogen (secondary N) is 1. The molecule has 1 atom stereocenters. The quantitative estimate of drug-likeness (QED) is 0.850. The summed E-state index contributed by atoms with van der Waals surface area (Å²) in [6.07, 6.45) is 0.0636. The number of carbonyl (C=O) groups excluding carboxylic acids is 1. The van der Waals surface area contributed by atoms with Gasteiger partial charge in [0, 0.05) is 18.2 Å². The van der Waals surface area contributed by atoms with E-state index in [0.29, 0.717) is 6.04 Å². The van der Waals surface area contributed by atoms with Gasteiger partial charge in [0.2, 0.25) is 0 Å². The lowest BCUT2D eigenvalue weighted by molar-refractivity contribution is -0.137. The Kier molecular flexibility index (Phi) is 5.62. The number of alkyl halides is 3. The summed E-state index contributed by atoms with van der Waals surface area (Å²) in [5.74, 6) is 0.498. The van der Waals surface area contributed by atoms with Crippen molar-refractivity contribution in [2.75, 3.05) is 16.8 Å². The minimum Gasteiger partial charge on any atom is -0.352 e. The Hall–Kier alpha value is -2.64. The predicted molar refractivity (Wildman–Crippen MR) is 96.7 cm³/mol. The van der Waals surface area contributed by atoms with Crippen molar-refractivity contribution in [3.63, 3.8) is 0 Å². The van der Waals surface area contributed by atoms with E-state index in [1.54, 1.807) is 6.07 Å². The van der Waals surface area contributed by atoms with E-state index in [9.17, 15) is 18.0 Å². The van der Waals surface area contributed by atoms with Crippen LogP contribution in [0.2, 0.25) is 0 Å². The molecule has 1 amide bonds. The largest absolute Gasteiger partial charge is 0.416 e. The number of amides is 1. The first kappa shape index (κ1) is 19.1. The van der Waals surface area contributed by atoms with Gasteiger partial charge in [-0.2, -0.15) is 13.2 Å². The molecule has 1 aromatic carbocycles. The highest BCUT2D eigenvalue weighted by Gasteiger charge is 2.30. The van der Waals surface area contributed by atoms with Gasteiger partial charge >= 0.3 is 6.18 Å². The van der Waals surface area contributed by atoms with Crippen molar-refractivity contribution in [2.45, 2.75) is 44.8 Å². The predicted octanol–water partition coefficient (Wildman–Crippen LogP) is 4.52. The molecular formula is C19H21F3N4O. The fourth-order valence-electron chi connectivity index (χ4n) is 3.27. The molecule has 0 aliphatic carbocycles. The van der Waals surface area contributed by atoms with Crippen LogP contribution in [0.15, 0.2) is 36.4 Å². The number of nitrogens with zero attached hydrogens (tertiary/aromatic N) is 3. The fourth-order valence-corrected chi connectivity index (χ4v) is 3.27. The lowest BCUT2D eigenvalue weighted by Crippen LogP contribution is -2.39. The summed E-state index contributed by atoms with van der Waals surface area (Å²) in [5.41, 5.74) is -0.675. The molecule has 0 radical (unpaired) electrons. The van der Waals surface area contributed by atoms with Gasteiger partial charge in [0.05, 0.1) is 5.56 Å². The maximum absolute atomic E-state index is 12.6. The molecule has 5 nitrogen and oxygen atoms in total. The van der Waals surface area contributed by atoms with E-state index >= 15 is 0 Å². The first-order valence-corrected chi connectivity index (χ1v) is 8.97. The van der Waals surface area contributed by atoms with Crippen molar-refractivity contribution >= 4 is 17.5 Å². The van der Waals surface area contributed by atoms with E-state index in [4.69, 9.17) is 0 Å². The normalized spacial score (nSPS) is 17.6. The number of rotatable bonds is 4. The Morgan fingerprint density at radius 3 is 2.48 bits per heavy atom. The Balaban J connectivity index is 1.66. The minimum atomic E-state index is -4.43. The van der Waals surface area contributed by atoms with Crippen LogP contribution >= 0.6 is 0 Å². The lowest BCUT2D eigenvalue weighted by atomic mass is 10.0.